The predicted molar refractivity (Wildman–Crippen MR) is 273 cm³/mol. The monoisotopic (exact) mass is 1020 g/mol. The summed E-state index contributed by atoms with van der Waals surface area (Å²) in [6, 6.07) is 22.5. The van der Waals surface area contributed by atoms with Gasteiger partial charge in [0.1, 0.15) is 18.2 Å². The molecule has 0 radical (unpaired) electrons. The number of benzene rings is 4. The summed E-state index contributed by atoms with van der Waals surface area (Å²) in [4.78, 5) is 31.0. The second-order valence-corrected chi connectivity index (χ2v) is 28.2. The van der Waals surface area contributed by atoms with Gasteiger partial charge in [-0.2, -0.15) is 0 Å². The van der Waals surface area contributed by atoms with Crippen LogP contribution in [0, 0.1) is 15.5 Å². The van der Waals surface area contributed by atoms with Gasteiger partial charge in [-0.25, -0.2) is 22.2 Å². The molecular weight excluding hydrogens is 955 g/mol. The van der Waals surface area contributed by atoms with Crippen molar-refractivity contribution < 1.29 is 36.7 Å². The third-order valence-electron chi connectivity index (χ3n) is 13.6. The number of anilines is 2. The van der Waals surface area contributed by atoms with E-state index in [1.54, 1.807) is 28.9 Å². The number of halogens is 2. The summed E-state index contributed by atoms with van der Waals surface area (Å²) in [6.45, 7) is 16.3. The first-order valence-corrected chi connectivity index (χ1v) is 29.3. The molecule has 2 fully saturated rings. The minimum atomic E-state index is -4.72. The van der Waals surface area contributed by atoms with Gasteiger partial charge in [-0.05, 0) is 90.4 Å². The highest BCUT2D eigenvalue weighted by Crippen LogP contribution is 2.44. The van der Waals surface area contributed by atoms with E-state index >= 15 is 4.39 Å². The Balaban J connectivity index is 1.05. The van der Waals surface area contributed by atoms with E-state index < -0.39 is 45.3 Å². The molecule has 3 heterocycles. The average Bonchev–Trinajstić information content (AvgIpc) is 3.74. The molecule has 2 aliphatic heterocycles. The van der Waals surface area contributed by atoms with Crippen molar-refractivity contribution in [2.75, 3.05) is 69.4 Å². The van der Waals surface area contributed by atoms with Gasteiger partial charge in [0.2, 0.25) is 0 Å². The van der Waals surface area contributed by atoms with E-state index in [1.807, 2.05) is 18.2 Å². The zero-order chi connectivity index (χ0) is 50.0. The van der Waals surface area contributed by atoms with Gasteiger partial charge >= 0.3 is 0 Å². The molecule has 70 heavy (non-hydrogen) atoms. The van der Waals surface area contributed by atoms with Crippen LogP contribution in [0.4, 0.5) is 21.5 Å². The number of hydrogen-bond acceptors (Lipinski definition) is 13. The lowest BCUT2D eigenvalue weighted by atomic mass is 9.72. The topological polar surface area (TPSA) is 174 Å². The standard InChI is InChI=1S/C50H62ClFN8O8SSi/c1-49(2)19-18-36(41(32-49)35-10-12-37(51)13-11-35)33-57-22-24-58(25-23-57)38-14-16-40(46(30-38)68-45-9-7-8-43-47(45)53-55-59(43)34-67-28-29-70(4,5)6)48(61)54-69(64,65)39-15-17-42(44(31-39)60(62)63)56(3)50(52)20-26-66-27-21-50/h7-17,30-31H,18-29,32-34H2,1-6H3,(H,54,61). The Morgan fingerprint density at radius 1 is 0.986 bits per heavy atom. The fraction of sp³-hybridized carbons (Fsp3) is 0.460. The summed E-state index contributed by atoms with van der Waals surface area (Å²) in [5.41, 5.74) is 5.17. The first-order chi connectivity index (χ1) is 33.2. The summed E-state index contributed by atoms with van der Waals surface area (Å²) < 4.78 is 65.3. The van der Waals surface area contributed by atoms with Crippen molar-refractivity contribution in [3.63, 3.8) is 0 Å². The number of carbonyl (C=O) groups is 1. The van der Waals surface area contributed by atoms with Crippen molar-refractivity contribution in [2.45, 2.75) is 89.1 Å². The summed E-state index contributed by atoms with van der Waals surface area (Å²) >= 11 is 6.27. The molecule has 4 aromatic carbocycles. The Morgan fingerprint density at radius 2 is 1.71 bits per heavy atom. The molecule has 1 N–H and O–H groups in total. The number of allylic oxidation sites excluding steroid dienone is 1. The first-order valence-electron chi connectivity index (χ1n) is 23.7. The van der Waals surface area contributed by atoms with Crippen molar-refractivity contribution >= 4 is 69.3 Å². The van der Waals surface area contributed by atoms with Crippen LogP contribution in [0.15, 0.2) is 89.3 Å². The van der Waals surface area contributed by atoms with Crippen LogP contribution in [0.25, 0.3) is 16.6 Å². The zero-order valence-electron chi connectivity index (χ0n) is 40.7. The van der Waals surface area contributed by atoms with Gasteiger partial charge in [-0.15, -0.1) is 5.10 Å². The maximum absolute atomic E-state index is 15.9. The minimum absolute atomic E-state index is 0.0277. The minimum Gasteiger partial charge on any atom is -0.454 e. The molecule has 374 valence electrons. The molecule has 0 bridgehead atoms. The molecule has 16 nitrogen and oxygen atoms in total. The van der Waals surface area contributed by atoms with Gasteiger partial charge in [0.25, 0.3) is 21.6 Å². The quantitative estimate of drug-likeness (QED) is 0.0307. The fourth-order valence-electron chi connectivity index (χ4n) is 9.24. The summed E-state index contributed by atoms with van der Waals surface area (Å²) in [6.07, 6.45) is 3.07. The van der Waals surface area contributed by atoms with Crippen LogP contribution in [0.1, 0.15) is 61.9 Å². The predicted octanol–water partition coefficient (Wildman–Crippen LogP) is 9.91. The number of nitro groups is 1. The average molecular weight is 1020 g/mol. The van der Waals surface area contributed by atoms with Crippen molar-refractivity contribution in [3.8, 4) is 11.5 Å². The molecule has 3 aliphatic rings. The fourth-order valence-corrected chi connectivity index (χ4v) is 11.1. The SMILES string of the molecule is CN(c1ccc(S(=O)(=O)NC(=O)c2ccc(N3CCN(CC4=C(c5ccc(Cl)cc5)CC(C)(C)CC4)CC3)cc2Oc2cccc3c2nnn3COCC[Si](C)(C)C)cc1[N+](=O)[O-])C1(F)CCOCC1. The molecule has 0 saturated carbocycles. The number of fused-ring (bicyclic) bond motifs is 1. The number of piperazine rings is 1. The molecule has 5 aromatic rings. The van der Waals surface area contributed by atoms with E-state index in [2.05, 4.69) is 70.5 Å². The smallest absolute Gasteiger partial charge is 0.293 e. The highest BCUT2D eigenvalue weighted by Gasteiger charge is 2.40. The molecule has 0 unspecified atom stereocenters. The van der Waals surface area contributed by atoms with Crippen LogP contribution in [0.5, 0.6) is 11.5 Å². The van der Waals surface area contributed by atoms with Crippen molar-refractivity contribution in [1.82, 2.24) is 24.6 Å². The van der Waals surface area contributed by atoms with Crippen molar-refractivity contribution in [3.05, 3.63) is 111 Å². The Labute approximate surface area is 414 Å². The molecule has 20 heteroatoms. The van der Waals surface area contributed by atoms with E-state index in [0.29, 0.717) is 35.8 Å². The van der Waals surface area contributed by atoms with Crippen molar-refractivity contribution in [2.24, 2.45) is 5.41 Å². The summed E-state index contributed by atoms with van der Waals surface area (Å²) in [5, 5.41) is 21.8. The van der Waals surface area contributed by atoms with Gasteiger partial charge in [0, 0.05) is 90.1 Å². The lowest BCUT2D eigenvalue weighted by molar-refractivity contribution is -0.384. The van der Waals surface area contributed by atoms with E-state index in [4.69, 9.17) is 25.8 Å². The molecule has 1 aromatic heterocycles. The third-order valence-corrected chi connectivity index (χ3v) is 16.9. The van der Waals surface area contributed by atoms with E-state index in [1.165, 1.54) is 35.9 Å². The lowest BCUT2D eigenvalue weighted by Gasteiger charge is -2.39. The number of sulfonamides is 1. The number of nitro benzene ring substituents is 1. The number of nitrogens with zero attached hydrogens (tertiary/aromatic N) is 7. The number of alkyl halides is 1. The van der Waals surface area contributed by atoms with E-state index in [9.17, 15) is 23.3 Å². The molecule has 0 atom stereocenters. The lowest BCUT2D eigenvalue weighted by Crippen LogP contribution is -2.47. The second-order valence-electron chi connectivity index (χ2n) is 20.5. The van der Waals surface area contributed by atoms with Crippen molar-refractivity contribution in [1.29, 1.82) is 0 Å². The van der Waals surface area contributed by atoms with Gasteiger partial charge in [0.05, 0.1) is 34.1 Å². The number of amides is 1. The van der Waals surface area contributed by atoms with E-state index in [0.717, 1.165) is 67.7 Å². The highest BCUT2D eigenvalue weighted by atomic mass is 35.5. The van der Waals surface area contributed by atoms with Crippen LogP contribution in [0.3, 0.4) is 0 Å². The van der Waals surface area contributed by atoms with Gasteiger partial charge in [-0.1, -0.05) is 74.1 Å². The molecule has 1 aliphatic carbocycles. The van der Waals surface area contributed by atoms with Crippen LogP contribution >= 0.6 is 11.6 Å². The van der Waals surface area contributed by atoms with Crippen LogP contribution in [0.2, 0.25) is 30.7 Å². The molecule has 8 rings (SSSR count). The zero-order valence-corrected chi connectivity index (χ0v) is 43.2. The number of ether oxygens (including phenoxy) is 3. The maximum atomic E-state index is 15.9. The normalized spacial score (nSPS) is 17.7. The van der Waals surface area contributed by atoms with Crippen LogP contribution in [-0.2, 0) is 26.2 Å². The number of carbonyl (C=O) groups excluding carboxylic acids is 1. The molecule has 0 spiro atoms. The third kappa shape index (κ3) is 11.8. The second kappa shape index (κ2) is 20.7. The maximum Gasteiger partial charge on any atom is 0.293 e. The molecule has 2 saturated heterocycles. The van der Waals surface area contributed by atoms with E-state index in [-0.39, 0.29) is 61.0 Å². The number of aromatic nitrogens is 3. The first kappa shape index (κ1) is 50.9. The number of rotatable bonds is 17. The summed E-state index contributed by atoms with van der Waals surface area (Å²) in [7, 11) is -4.66. The Bertz CT molecular complexity index is 2880. The number of nitrogens with one attached hydrogen (secondary N) is 1. The van der Waals surface area contributed by atoms with Crippen LogP contribution in [-0.4, -0.2) is 113 Å². The van der Waals surface area contributed by atoms with Gasteiger partial charge < -0.3 is 24.0 Å². The molecule has 1 amide bonds. The van der Waals surface area contributed by atoms with Gasteiger partial charge in [-0.3, -0.25) is 19.8 Å². The number of hydrogen-bond donors (Lipinski definition) is 1. The van der Waals surface area contributed by atoms with Crippen LogP contribution < -0.4 is 19.3 Å². The Kier molecular flexibility index (Phi) is 15.1. The largest absolute Gasteiger partial charge is 0.454 e. The summed E-state index contributed by atoms with van der Waals surface area (Å²) in [5.74, 6) is -2.65. The Hall–Kier alpha value is -5.44. The van der Waals surface area contributed by atoms with Gasteiger partial charge in [0.15, 0.2) is 17.1 Å². The Morgan fingerprint density at radius 3 is 2.41 bits per heavy atom. The highest BCUT2D eigenvalue weighted by molar-refractivity contribution is 7.90. The molecular formula is C50H62ClFN8O8SSi.